The number of anilines is 2. The van der Waals surface area contributed by atoms with Crippen LogP contribution in [-0.2, 0) is 14.8 Å². The second-order valence-corrected chi connectivity index (χ2v) is 8.85. The molecule has 1 aliphatic rings. The van der Waals surface area contributed by atoms with Gasteiger partial charge in [0.15, 0.2) is 5.11 Å². The molecule has 0 aromatic heterocycles. The van der Waals surface area contributed by atoms with Crippen LogP contribution in [0.3, 0.4) is 0 Å². The van der Waals surface area contributed by atoms with Crippen molar-refractivity contribution in [2.24, 2.45) is 0 Å². The van der Waals surface area contributed by atoms with Gasteiger partial charge in [0.05, 0.1) is 33.8 Å². The Morgan fingerprint density at radius 2 is 1.70 bits per heavy atom. The summed E-state index contributed by atoms with van der Waals surface area (Å²) in [5, 5.41) is 7.04. The van der Waals surface area contributed by atoms with E-state index in [9.17, 15) is 8.42 Å². The number of hydrogen-bond acceptors (Lipinski definition) is 4. The van der Waals surface area contributed by atoms with Crippen molar-refractivity contribution in [2.75, 3.05) is 36.9 Å². The van der Waals surface area contributed by atoms with Gasteiger partial charge in [-0.25, -0.2) is 8.42 Å². The average molecular weight is 446 g/mol. The number of thiocarbonyl (C=S) groups is 1. The van der Waals surface area contributed by atoms with E-state index in [4.69, 9.17) is 40.2 Å². The molecule has 1 fully saturated rings. The maximum absolute atomic E-state index is 12.6. The third-order valence-electron chi connectivity index (χ3n) is 3.92. The molecule has 2 N–H and O–H groups in total. The highest BCUT2D eigenvalue weighted by Gasteiger charge is 2.26. The van der Waals surface area contributed by atoms with Crippen LogP contribution >= 0.6 is 35.4 Å². The lowest BCUT2D eigenvalue weighted by molar-refractivity contribution is 0.0730. The smallest absolute Gasteiger partial charge is 0.243 e. The Kier molecular flexibility index (Phi) is 6.56. The summed E-state index contributed by atoms with van der Waals surface area (Å²) in [7, 11) is -3.52. The summed E-state index contributed by atoms with van der Waals surface area (Å²) < 4.78 is 31.9. The number of halogens is 2. The number of nitrogens with one attached hydrogen (secondary N) is 2. The van der Waals surface area contributed by atoms with Gasteiger partial charge in [0.2, 0.25) is 10.0 Å². The number of ether oxygens (including phenoxy) is 1. The predicted molar refractivity (Wildman–Crippen MR) is 112 cm³/mol. The van der Waals surface area contributed by atoms with Crippen LogP contribution < -0.4 is 10.6 Å². The Balaban J connectivity index is 1.66. The zero-order chi connectivity index (χ0) is 19.4. The predicted octanol–water partition coefficient (Wildman–Crippen LogP) is 3.82. The van der Waals surface area contributed by atoms with Crippen molar-refractivity contribution in [3.05, 3.63) is 52.5 Å². The molecule has 0 bridgehead atoms. The second-order valence-electron chi connectivity index (χ2n) is 5.72. The van der Waals surface area contributed by atoms with Gasteiger partial charge in [-0.3, -0.25) is 0 Å². The molecule has 3 rings (SSSR count). The van der Waals surface area contributed by atoms with Crippen LogP contribution in [0.1, 0.15) is 0 Å². The van der Waals surface area contributed by atoms with E-state index in [0.717, 1.165) is 0 Å². The summed E-state index contributed by atoms with van der Waals surface area (Å²) in [6, 6.07) is 11.6. The number of nitrogens with zero attached hydrogens (tertiary/aromatic N) is 1. The first-order valence-corrected chi connectivity index (χ1v) is 10.7. The second kappa shape index (κ2) is 8.72. The van der Waals surface area contributed by atoms with Crippen molar-refractivity contribution in [1.29, 1.82) is 0 Å². The van der Waals surface area contributed by atoms with Gasteiger partial charge >= 0.3 is 0 Å². The maximum Gasteiger partial charge on any atom is 0.243 e. The SMILES string of the molecule is O=S(=O)(c1ccc(NC(=S)Nc2cccc(Cl)c2Cl)cc1)N1CCOCC1. The molecule has 2 aromatic carbocycles. The molecular weight excluding hydrogens is 429 g/mol. The lowest BCUT2D eigenvalue weighted by Crippen LogP contribution is -2.40. The van der Waals surface area contributed by atoms with Crippen molar-refractivity contribution in [2.45, 2.75) is 4.90 Å². The monoisotopic (exact) mass is 445 g/mol. The fourth-order valence-corrected chi connectivity index (χ4v) is 4.51. The van der Waals surface area contributed by atoms with Crippen LogP contribution in [-0.4, -0.2) is 44.1 Å². The zero-order valence-electron chi connectivity index (χ0n) is 14.1. The van der Waals surface area contributed by atoms with Crippen LogP contribution in [0.15, 0.2) is 47.4 Å². The van der Waals surface area contributed by atoms with Crippen LogP contribution in [0.4, 0.5) is 11.4 Å². The lowest BCUT2D eigenvalue weighted by Gasteiger charge is -2.26. The van der Waals surface area contributed by atoms with Gasteiger partial charge in [-0.1, -0.05) is 29.3 Å². The minimum atomic E-state index is -3.52. The third kappa shape index (κ3) is 4.90. The largest absolute Gasteiger partial charge is 0.379 e. The topological polar surface area (TPSA) is 70.7 Å². The fourth-order valence-electron chi connectivity index (χ4n) is 2.53. The highest BCUT2D eigenvalue weighted by Crippen LogP contribution is 2.29. The van der Waals surface area contributed by atoms with E-state index in [1.165, 1.54) is 4.31 Å². The molecule has 1 aliphatic heterocycles. The highest BCUT2D eigenvalue weighted by atomic mass is 35.5. The first-order valence-electron chi connectivity index (χ1n) is 8.08. The quantitative estimate of drug-likeness (QED) is 0.696. The molecule has 0 unspecified atom stereocenters. The van der Waals surface area contributed by atoms with E-state index in [-0.39, 0.29) is 4.90 Å². The summed E-state index contributed by atoms with van der Waals surface area (Å²) in [6.45, 7) is 1.53. The Morgan fingerprint density at radius 3 is 2.37 bits per heavy atom. The molecule has 0 atom stereocenters. The first-order chi connectivity index (χ1) is 12.9. The lowest BCUT2D eigenvalue weighted by atomic mass is 10.3. The Hall–Kier alpha value is -1.42. The average Bonchev–Trinajstić information content (AvgIpc) is 2.66. The standard InChI is InChI=1S/C17H17Cl2N3O3S2/c18-14-2-1-3-15(16(14)19)21-17(26)20-12-4-6-13(7-5-12)27(23,24)22-8-10-25-11-9-22/h1-7H,8-11H2,(H2,20,21,26). The van der Waals surface area contributed by atoms with Crippen LogP contribution in [0.2, 0.25) is 10.0 Å². The van der Waals surface area contributed by atoms with E-state index in [1.807, 2.05) is 0 Å². The summed E-state index contributed by atoms with van der Waals surface area (Å²) in [6.07, 6.45) is 0. The van der Waals surface area contributed by atoms with E-state index in [2.05, 4.69) is 10.6 Å². The van der Waals surface area contributed by atoms with Crippen LogP contribution in [0.5, 0.6) is 0 Å². The van der Waals surface area contributed by atoms with Gasteiger partial charge in [0, 0.05) is 18.8 Å². The van der Waals surface area contributed by atoms with Crippen LogP contribution in [0.25, 0.3) is 0 Å². The summed E-state index contributed by atoms with van der Waals surface area (Å²) in [5.41, 5.74) is 1.22. The maximum atomic E-state index is 12.6. The van der Waals surface area contributed by atoms with Gasteiger partial charge in [0.1, 0.15) is 0 Å². The number of morpholine rings is 1. The van der Waals surface area contributed by atoms with Gasteiger partial charge < -0.3 is 15.4 Å². The number of benzene rings is 2. The van der Waals surface area contributed by atoms with Gasteiger partial charge in [-0.05, 0) is 48.6 Å². The van der Waals surface area contributed by atoms with Crippen molar-refractivity contribution in [3.63, 3.8) is 0 Å². The first kappa shape index (κ1) is 20.3. The minimum absolute atomic E-state index is 0.228. The highest BCUT2D eigenvalue weighted by molar-refractivity contribution is 7.89. The van der Waals surface area contributed by atoms with Crippen LogP contribution in [0, 0.1) is 0 Å². The molecule has 27 heavy (non-hydrogen) atoms. The van der Waals surface area contributed by atoms with Gasteiger partial charge in [-0.2, -0.15) is 4.31 Å². The summed E-state index contributed by atoms with van der Waals surface area (Å²) in [4.78, 5) is 0.228. The van der Waals surface area contributed by atoms with Gasteiger partial charge in [0.25, 0.3) is 0 Å². The normalized spacial score (nSPS) is 15.3. The molecule has 0 aliphatic carbocycles. The fraction of sp³-hybridized carbons (Fsp3) is 0.235. The van der Waals surface area contributed by atoms with Crippen molar-refractivity contribution in [1.82, 2.24) is 4.31 Å². The Labute approximate surface area is 173 Å². The molecule has 144 valence electrons. The number of hydrogen-bond donors (Lipinski definition) is 2. The summed E-state index contributed by atoms with van der Waals surface area (Å²) in [5.74, 6) is 0. The van der Waals surface area contributed by atoms with E-state index >= 15 is 0 Å². The van der Waals surface area contributed by atoms with Crippen molar-refractivity contribution in [3.8, 4) is 0 Å². The minimum Gasteiger partial charge on any atom is -0.379 e. The third-order valence-corrected chi connectivity index (χ3v) is 6.86. The Bertz CT molecular complexity index is 931. The molecule has 1 heterocycles. The molecule has 1 saturated heterocycles. The number of rotatable bonds is 4. The van der Waals surface area contributed by atoms with E-state index < -0.39 is 10.0 Å². The van der Waals surface area contributed by atoms with E-state index in [0.29, 0.717) is 52.8 Å². The van der Waals surface area contributed by atoms with Gasteiger partial charge in [-0.15, -0.1) is 0 Å². The van der Waals surface area contributed by atoms with E-state index in [1.54, 1.807) is 42.5 Å². The number of sulfonamides is 1. The molecule has 2 aromatic rings. The molecule has 10 heteroatoms. The molecule has 0 saturated carbocycles. The van der Waals surface area contributed by atoms with Crippen molar-refractivity contribution < 1.29 is 13.2 Å². The summed E-state index contributed by atoms with van der Waals surface area (Å²) >= 11 is 17.4. The Morgan fingerprint density at radius 1 is 1.04 bits per heavy atom. The molecule has 6 nitrogen and oxygen atoms in total. The molecule has 0 radical (unpaired) electrons. The molecule has 0 spiro atoms. The zero-order valence-corrected chi connectivity index (χ0v) is 17.3. The molecular formula is C17H17Cl2N3O3S2. The van der Waals surface area contributed by atoms with Crippen molar-refractivity contribution >= 4 is 61.9 Å². The molecule has 0 amide bonds.